The molecule has 0 saturated carbocycles. The van der Waals surface area contributed by atoms with Crippen molar-refractivity contribution in [3.8, 4) is 5.75 Å². The molecule has 6 nitrogen and oxygen atoms in total. The van der Waals surface area contributed by atoms with Gasteiger partial charge in [0.25, 0.3) is 0 Å². The van der Waals surface area contributed by atoms with Gasteiger partial charge in [-0.15, -0.1) is 0 Å². The Labute approximate surface area is 105 Å². The van der Waals surface area contributed by atoms with Crippen LogP contribution in [0.25, 0.3) is 0 Å². The van der Waals surface area contributed by atoms with E-state index in [2.05, 4.69) is 10.3 Å². The summed E-state index contributed by atoms with van der Waals surface area (Å²) < 4.78 is 5.22. The fraction of sp³-hybridized carbons (Fsp3) is 0.333. The number of urea groups is 1. The van der Waals surface area contributed by atoms with E-state index in [1.165, 1.54) is 4.90 Å². The molecule has 96 valence electrons. The van der Waals surface area contributed by atoms with Crippen LogP contribution in [0.5, 0.6) is 5.75 Å². The minimum absolute atomic E-state index is 0.250. The van der Waals surface area contributed by atoms with E-state index in [1.807, 2.05) is 19.1 Å². The Kier molecular flexibility index (Phi) is 3.36. The van der Waals surface area contributed by atoms with Crippen LogP contribution < -0.4 is 15.8 Å². The molecule has 0 spiro atoms. The lowest BCUT2D eigenvalue weighted by atomic mass is 10.2. The van der Waals surface area contributed by atoms with E-state index in [0.717, 1.165) is 5.56 Å². The number of anilines is 1. The molecule has 2 rings (SSSR count). The van der Waals surface area contributed by atoms with Gasteiger partial charge in [-0.3, -0.25) is 9.89 Å². The second kappa shape index (κ2) is 4.95. The largest absolute Gasteiger partial charge is 0.495 e. The van der Waals surface area contributed by atoms with Gasteiger partial charge in [0.2, 0.25) is 0 Å². The number of hydrogen-bond donors (Lipinski definition) is 2. The molecule has 0 aliphatic carbocycles. The third-order valence-corrected chi connectivity index (χ3v) is 2.81. The average Bonchev–Trinajstić information content (AvgIpc) is 2.78. The molecule has 0 unspecified atom stereocenters. The number of ether oxygens (including phenoxy) is 1. The number of rotatable bonds is 2. The van der Waals surface area contributed by atoms with Crippen molar-refractivity contribution in [2.45, 2.75) is 6.92 Å². The van der Waals surface area contributed by atoms with Crippen molar-refractivity contribution in [3.63, 3.8) is 0 Å². The number of para-hydroxylation sites is 1. The van der Waals surface area contributed by atoms with Crippen molar-refractivity contribution >= 4 is 17.7 Å². The van der Waals surface area contributed by atoms with Gasteiger partial charge in [-0.1, -0.05) is 12.1 Å². The molecule has 0 aromatic heterocycles. The van der Waals surface area contributed by atoms with E-state index in [-0.39, 0.29) is 12.0 Å². The van der Waals surface area contributed by atoms with E-state index < -0.39 is 0 Å². The summed E-state index contributed by atoms with van der Waals surface area (Å²) in [6.45, 7) is 2.95. The molecule has 1 aromatic carbocycles. The van der Waals surface area contributed by atoms with Gasteiger partial charge in [0.1, 0.15) is 5.75 Å². The number of benzene rings is 1. The van der Waals surface area contributed by atoms with Gasteiger partial charge in [-0.25, -0.2) is 4.79 Å². The van der Waals surface area contributed by atoms with Crippen molar-refractivity contribution < 1.29 is 9.53 Å². The van der Waals surface area contributed by atoms with E-state index >= 15 is 0 Å². The highest BCUT2D eigenvalue weighted by atomic mass is 16.5. The first kappa shape index (κ1) is 12.2. The predicted octanol–water partition coefficient (Wildman–Crippen LogP) is 1.17. The fourth-order valence-corrected chi connectivity index (χ4v) is 1.82. The standard InChI is InChI=1S/C12H16N4O2/c1-8-4-3-5-9(18-2)10(8)15-12(17)16-7-6-14-11(16)13/h3-5H,6-7H2,1-2H3,(H2,13,14)(H,15,17). The third kappa shape index (κ3) is 2.22. The lowest BCUT2D eigenvalue weighted by molar-refractivity contribution is 0.236. The molecule has 3 N–H and O–H groups in total. The maximum Gasteiger partial charge on any atom is 0.328 e. The number of hydrogen-bond acceptors (Lipinski definition) is 4. The number of nitrogens with zero attached hydrogens (tertiary/aromatic N) is 2. The van der Waals surface area contributed by atoms with E-state index in [9.17, 15) is 4.79 Å². The Balaban J connectivity index is 2.19. The number of aliphatic imine (C=N–C) groups is 1. The number of aryl methyl sites for hydroxylation is 1. The number of guanidine groups is 1. The summed E-state index contributed by atoms with van der Waals surface area (Å²) in [4.78, 5) is 17.4. The van der Waals surface area contributed by atoms with Crippen molar-refractivity contribution in [3.05, 3.63) is 23.8 Å². The summed E-state index contributed by atoms with van der Waals surface area (Å²) in [5.41, 5.74) is 7.21. The zero-order valence-electron chi connectivity index (χ0n) is 10.4. The molecule has 2 amide bonds. The Hall–Kier alpha value is -2.24. The molecule has 1 aliphatic heterocycles. The summed E-state index contributed by atoms with van der Waals surface area (Å²) in [5, 5.41) is 2.80. The zero-order chi connectivity index (χ0) is 13.1. The van der Waals surface area contributed by atoms with Crippen molar-refractivity contribution in [1.29, 1.82) is 0 Å². The topological polar surface area (TPSA) is 80.0 Å². The summed E-state index contributed by atoms with van der Waals surface area (Å²) in [6, 6.07) is 5.28. The molecular weight excluding hydrogens is 232 g/mol. The molecular formula is C12H16N4O2. The second-order valence-electron chi connectivity index (χ2n) is 3.97. The lowest BCUT2D eigenvalue weighted by Gasteiger charge is -2.18. The highest BCUT2D eigenvalue weighted by Crippen LogP contribution is 2.27. The molecule has 0 saturated heterocycles. The van der Waals surface area contributed by atoms with Crippen molar-refractivity contribution in [2.75, 3.05) is 25.5 Å². The molecule has 0 atom stereocenters. The van der Waals surface area contributed by atoms with Crippen LogP contribution in [0.15, 0.2) is 23.2 Å². The van der Waals surface area contributed by atoms with Gasteiger partial charge in [-0.2, -0.15) is 0 Å². The predicted molar refractivity (Wildman–Crippen MR) is 69.9 cm³/mol. The van der Waals surface area contributed by atoms with Crippen LogP contribution in [-0.2, 0) is 0 Å². The average molecular weight is 248 g/mol. The van der Waals surface area contributed by atoms with E-state index in [0.29, 0.717) is 24.5 Å². The molecule has 0 bridgehead atoms. The SMILES string of the molecule is COc1cccc(C)c1NC(=O)N1CCN=C1N. The monoisotopic (exact) mass is 248 g/mol. The molecule has 1 aromatic rings. The van der Waals surface area contributed by atoms with Crippen LogP contribution in [0.3, 0.4) is 0 Å². The van der Waals surface area contributed by atoms with Crippen LogP contribution in [0.4, 0.5) is 10.5 Å². The number of nitrogens with two attached hydrogens (primary N) is 1. The summed E-state index contributed by atoms with van der Waals surface area (Å²) in [5.74, 6) is 0.873. The zero-order valence-corrected chi connectivity index (χ0v) is 10.4. The number of nitrogens with one attached hydrogen (secondary N) is 1. The van der Waals surface area contributed by atoms with Crippen LogP contribution in [0.2, 0.25) is 0 Å². The van der Waals surface area contributed by atoms with Gasteiger partial charge in [0.15, 0.2) is 5.96 Å². The third-order valence-electron chi connectivity index (χ3n) is 2.81. The molecule has 1 heterocycles. The lowest BCUT2D eigenvalue weighted by Crippen LogP contribution is -2.41. The van der Waals surface area contributed by atoms with E-state index in [1.54, 1.807) is 13.2 Å². The molecule has 1 aliphatic rings. The second-order valence-corrected chi connectivity index (χ2v) is 3.97. The smallest absolute Gasteiger partial charge is 0.328 e. The van der Waals surface area contributed by atoms with Gasteiger partial charge in [-0.05, 0) is 18.6 Å². The van der Waals surface area contributed by atoms with Crippen molar-refractivity contribution in [1.82, 2.24) is 4.90 Å². The Morgan fingerprint density at radius 2 is 2.33 bits per heavy atom. The van der Waals surface area contributed by atoms with Crippen LogP contribution in [0, 0.1) is 6.92 Å². The van der Waals surface area contributed by atoms with Gasteiger partial charge < -0.3 is 15.8 Å². The first-order valence-electron chi connectivity index (χ1n) is 5.65. The summed E-state index contributed by atoms with van der Waals surface area (Å²) in [6.07, 6.45) is 0. The molecule has 0 radical (unpaired) electrons. The van der Waals surface area contributed by atoms with Gasteiger partial charge in [0, 0.05) is 0 Å². The number of carbonyl (C=O) groups excluding carboxylic acids is 1. The van der Waals surface area contributed by atoms with Crippen LogP contribution >= 0.6 is 0 Å². The van der Waals surface area contributed by atoms with Crippen LogP contribution in [0.1, 0.15) is 5.56 Å². The maximum atomic E-state index is 12.0. The quantitative estimate of drug-likeness (QED) is 0.824. The Morgan fingerprint density at radius 3 is 2.94 bits per heavy atom. The Bertz CT molecular complexity index is 499. The summed E-state index contributed by atoms with van der Waals surface area (Å²) in [7, 11) is 1.57. The fourth-order valence-electron chi connectivity index (χ4n) is 1.82. The van der Waals surface area contributed by atoms with Gasteiger partial charge >= 0.3 is 6.03 Å². The normalized spacial score (nSPS) is 14.3. The molecule has 0 fully saturated rings. The first-order chi connectivity index (χ1) is 8.63. The van der Waals surface area contributed by atoms with Gasteiger partial charge in [0.05, 0.1) is 25.9 Å². The minimum Gasteiger partial charge on any atom is -0.495 e. The molecule has 6 heteroatoms. The first-order valence-corrected chi connectivity index (χ1v) is 5.65. The highest BCUT2D eigenvalue weighted by molar-refractivity contribution is 6.03. The Morgan fingerprint density at radius 1 is 1.56 bits per heavy atom. The maximum absolute atomic E-state index is 12.0. The number of methoxy groups -OCH3 is 1. The molecule has 18 heavy (non-hydrogen) atoms. The number of amides is 2. The van der Waals surface area contributed by atoms with Crippen LogP contribution in [-0.4, -0.2) is 37.1 Å². The number of carbonyl (C=O) groups is 1. The summed E-state index contributed by atoms with van der Waals surface area (Å²) >= 11 is 0. The van der Waals surface area contributed by atoms with Crippen molar-refractivity contribution in [2.24, 2.45) is 10.7 Å². The highest BCUT2D eigenvalue weighted by Gasteiger charge is 2.22. The van der Waals surface area contributed by atoms with E-state index in [4.69, 9.17) is 10.5 Å². The minimum atomic E-state index is -0.290.